The third-order valence-electron chi connectivity index (χ3n) is 4.08. The second-order valence-corrected chi connectivity index (χ2v) is 6.32. The molecule has 0 radical (unpaired) electrons. The Morgan fingerprint density at radius 1 is 1.30 bits per heavy atom. The minimum Gasteiger partial charge on any atom is -0.315 e. The summed E-state index contributed by atoms with van der Waals surface area (Å²) in [5.41, 5.74) is 4.88. The Kier molecular flexibility index (Phi) is 3.94. The fraction of sp³-hybridized carbons (Fsp3) is 0.438. The summed E-state index contributed by atoms with van der Waals surface area (Å²) < 4.78 is 3.35. The zero-order valence-corrected chi connectivity index (χ0v) is 13.6. The van der Waals surface area contributed by atoms with Crippen LogP contribution in [0.3, 0.4) is 0 Å². The molecule has 3 rings (SSSR count). The van der Waals surface area contributed by atoms with Gasteiger partial charge in [-0.15, -0.1) is 0 Å². The van der Waals surface area contributed by atoms with E-state index < -0.39 is 0 Å². The number of aryl methyl sites for hydroxylation is 1. The maximum Gasteiger partial charge on any atom is 0.0675 e. The van der Waals surface area contributed by atoms with Crippen molar-refractivity contribution in [1.82, 2.24) is 15.1 Å². The first-order valence-corrected chi connectivity index (χ1v) is 7.99. The Morgan fingerprint density at radius 3 is 2.80 bits per heavy atom. The first-order chi connectivity index (χ1) is 9.68. The second-order valence-electron chi connectivity index (χ2n) is 5.47. The minimum absolute atomic E-state index is 0.485. The molecule has 106 valence electrons. The van der Waals surface area contributed by atoms with Gasteiger partial charge in [-0.25, -0.2) is 0 Å². The summed E-state index contributed by atoms with van der Waals surface area (Å²) >= 11 is 3.66. The molecule has 1 aliphatic rings. The SMILES string of the molecule is Cc1nn(C2CCCNC2)c(C)c1-c1ccccc1Br. The molecule has 1 saturated heterocycles. The van der Waals surface area contributed by atoms with Crippen LogP contribution in [0.25, 0.3) is 11.1 Å². The molecule has 0 saturated carbocycles. The second kappa shape index (κ2) is 5.70. The molecule has 1 fully saturated rings. The highest BCUT2D eigenvalue weighted by Crippen LogP contribution is 2.34. The number of rotatable bonds is 2. The molecule has 0 amide bonds. The average molecular weight is 334 g/mol. The fourth-order valence-corrected chi connectivity index (χ4v) is 3.60. The lowest BCUT2D eigenvalue weighted by molar-refractivity contribution is 0.341. The van der Waals surface area contributed by atoms with E-state index in [1.54, 1.807) is 0 Å². The van der Waals surface area contributed by atoms with Gasteiger partial charge >= 0.3 is 0 Å². The van der Waals surface area contributed by atoms with Crippen LogP contribution in [0.15, 0.2) is 28.7 Å². The van der Waals surface area contributed by atoms with Crippen molar-refractivity contribution in [2.75, 3.05) is 13.1 Å². The van der Waals surface area contributed by atoms with Gasteiger partial charge in [0.25, 0.3) is 0 Å². The molecule has 2 heterocycles. The number of hydrogen-bond donors (Lipinski definition) is 1. The van der Waals surface area contributed by atoms with Gasteiger partial charge in [0, 0.05) is 22.3 Å². The van der Waals surface area contributed by atoms with Crippen molar-refractivity contribution >= 4 is 15.9 Å². The number of hydrogen-bond acceptors (Lipinski definition) is 2. The number of piperidine rings is 1. The Morgan fingerprint density at radius 2 is 2.10 bits per heavy atom. The summed E-state index contributed by atoms with van der Waals surface area (Å²) in [5.74, 6) is 0. The molecular formula is C16H20BrN3. The lowest BCUT2D eigenvalue weighted by Crippen LogP contribution is -2.32. The number of nitrogens with one attached hydrogen (secondary N) is 1. The van der Waals surface area contributed by atoms with Gasteiger partial charge in [-0.3, -0.25) is 4.68 Å². The highest BCUT2D eigenvalue weighted by atomic mass is 79.9. The van der Waals surface area contributed by atoms with E-state index in [4.69, 9.17) is 5.10 Å². The molecule has 2 aromatic rings. The molecule has 0 aliphatic carbocycles. The Hall–Kier alpha value is -1.13. The summed E-state index contributed by atoms with van der Waals surface area (Å²) in [5, 5.41) is 8.28. The highest BCUT2D eigenvalue weighted by molar-refractivity contribution is 9.10. The van der Waals surface area contributed by atoms with Gasteiger partial charge < -0.3 is 5.32 Å². The summed E-state index contributed by atoms with van der Waals surface area (Å²) in [6.45, 7) is 6.45. The lowest BCUT2D eigenvalue weighted by Gasteiger charge is -2.24. The number of benzene rings is 1. The molecule has 1 atom stereocenters. The van der Waals surface area contributed by atoms with Gasteiger partial charge in [-0.2, -0.15) is 5.10 Å². The maximum atomic E-state index is 4.81. The largest absolute Gasteiger partial charge is 0.315 e. The monoisotopic (exact) mass is 333 g/mol. The van der Waals surface area contributed by atoms with Crippen LogP contribution in [0.5, 0.6) is 0 Å². The standard InChI is InChI=1S/C16H20BrN3/c1-11-16(14-7-3-4-8-15(14)17)12(2)20(19-11)13-6-5-9-18-10-13/h3-4,7-8,13,18H,5-6,9-10H2,1-2H3. The topological polar surface area (TPSA) is 29.9 Å². The molecule has 0 bridgehead atoms. The molecule has 1 aliphatic heterocycles. The first kappa shape index (κ1) is 13.8. The zero-order chi connectivity index (χ0) is 14.1. The predicted octanol–water partition coefficient (Wildman–Crippen LogP) is 3.85. The van der Waals surface area contributed by atoms with Gasteiger partial charge in [0.15, 0.2) is 0 Å². The smallest absolute Gasteiger partial charge is 0.0675 e. The molecule has 3 nitrogen and oxygen atoms in total. The molecule has 1 N–H and O–H groups in total. The summed E-state index contributed by atoms with van der Waals surface area (Å²) in [4.78, 5) is 0. The third-order valence-corrected chi connectivity index (χ3v) is 4.78. The average Bonchev–Trinajstić information content (AvgIpc) is 2.76. The van der Waals surface area contributed by atoms with E-state index in [-0.39, 0.29) is 0 Å². The lowest BCUT2D eigenvalue weighted by atomic mass is 10.0. The molecule has 1 unspecified atom stereocenters. The maximum absolute atomic E-state index is 4.81. The van der Waals surface area contributed by atoms with Crippen LogP contribution in [0.4, 0.5) is 0 Å². The number of halogens is 1. The van der Waals surface area contributed by atoms with Crippen molar-refractivity contribution in [3.8, 4) is 11.1 Å². The molecule has 1 aromatic heterocycles. The van der Waals surface area contributed by atoms with Crippen LogP contribution < -0.4 is 5.32 Å². The van der Waals surface area contributed by atoms with Gasteiger partial charge in [-0.1, -0.05) is 34.1 Å². The normalized spacial score (nSPS) is 19.2. The van der Waals surface area contributed by atoms with E-state index in [0.717, 1.165) is 23.3 Å². The molecule has 1 aromatic carbocycles. The molecule has 20 heavy (non-hydrogen) atoms. The molecule has 4 heteroatoms. The van der Waals surface area contributed by atoms with Crippen LogP contribution in [0.1, 0.15) is 30.3 Å². The quantitative estimate of drug-likeness (QED) is 0.904. The highest BCUT2D eigenvalue weighted by Gasteiger charge is 2.22. The van der Waals surface area contributed by atoms with Crippen molar-refractivity contribution in [3.05, 3.63) is 40.1 Å². The third kappa shape index (κ3) is 2.42. The fourth-order valence-electron chi connectivity index (χ4n) is 3.11. The van der Waals surface area contributed by atoms with Crippen LogP contribution in [-0.2, 0) is 0 Å². The van der Waals surface area contributed by atoms with E-state index in [9.17, 15) is 0 Å². The Labute approximate surface area is 128 Å². The zero-order valence-electron chi connectivity index (χ0n) is 12.0. The van der Waals surface area contributed by atoms with E-state index in [1.165, 1.54) is 29.7 Å². The van der Waals surface area contributed by atoms with E-state index in [2.05, 4.69) is 58.0 Å². The van der Waals surface area contributed by atoms with Gasteiger partial charge in [0.05, 0.1) is 11.7 Å². The minimum atomic E-state index is 0.485. The summed E-state index contributed by atoms with van der Waals surface area (Å²) in [6, 6.07) is 8.86. The summed E-state index contributed by atoms with van der Waals surface area (Å²) in [6.07, 6.45) is 2.44. The predicted molar refractivity (Wildman–Crippen MR) is 86.0 cm³/mol. The summed E-state index contributed by atoms with van der Waals surface area (Å²) in [7, 11) is 0. The van der Waals surface area contributed by atoms with Crippen molar-refractivity contribution in [2.24, 2.45) is 0 Å². The van der Waals surface area contributed by atoms with Gasteiger partial charge in [0.1, 0.15) is 0 Å². The van der Waals surface area contributed by atoms with Crippen LogP contribution in [0, 0.1) is 13.8 Å². The van der Waals surface area contributed by atoms with Crippen molar-refractivity contribution in [3.63, 3.8) is 0 Å². The number of aromatic nitrogens is 2. The van der Waals surface area contributed by atoms with Crippen LogP contribution >= 0.6 is 15.9 Å². The van der Waals surface area contributed by atoms with E-state index >= 15 is 0 Å². The van der Waals surface area contributed by atoms with Crippen molar-refractivity contribution < 1.29 is 0 Å². The van der Waals surface area contributed by atoms with E-state index in [1.807, 2.05) is 6.07 Å². The van der Waals surface area contributed by atoms with Gasteiger partial charge in [-0.05, 0) is 44.9 Å². The van der Waals surface area contributed by atoms with Crippen molar-refractivity contribution in [2.45, 2.75) is 32.7 Å². The molecular weight excluding hydrogens is 314 g/mol. The van der Waals surface area contributed by atoms with Gasteiger partial charge in [0.2, 0.25) is 0 Å². The van der Waals surface area contributed by atoms with Crippen LogP contribution in [-0.4, -0.2) is 22.9 Å². The van der Waals surface area contributed by atoms with Crippen LogP contribution in [0.2, 0.25) is 0 Å². The Bertz CT molecular complexity index is 612. The Balaban J connectivity index is 2.05. The van der Waals surface area contributed by atoms with E-state index in [0.29, 0.717) is 6.04 Å². The molecule has 0 spiro atoms. The first-order valence-electron chi connectivity index (χ1n) is 7.20. The number of nitrogens with zero attached hydrogens (tertiary/aromatic N) is 2. The van der Waals surface area contributed by atoms with Crippen molar-refractivity contribution in [1.29, 1.82) is 0 Å².